The fourth-order valence-electron chi connectivity index (χ4n) is 2.77. The number of aliphatic hydroxyl groups is 1. The van der Waals surface area contributed by atoms with Crippen LogP contribution < -0.4 is 5.73 Å². The Balaban J connectivity index is 1.59. The summed E-state index contributed by atoms with van der Waals surface area (Å²) in [5, 5.41) is 10.5. The predicted molar refractivity (Wildman–Crippen MR) is 111 cm³/mol. The Kier molecular flexibility index (Phi) is 7.93. The Morgan fingerprint density at radius 3 is 1.45 bits per heavy atom. The van der Waals surface area contributed by atoms with Crippen molar-refractivity contribution in [1.29, 1.82) is 0 Å². The minimum absolute atomic E-state index is 0.0283. The summed E-state index contributed by atoms with van der Waals surface area (Å²) in [4.78, 5) is 0. The molecule has 3 aromatic carbocycles. The van der Waals surface area contributed by atoms with E-state index in [-0.39, 0.29) is 13.0 Å². The van der Waals surface area contributed by atoms with Crippen LogP contribution in [0.15, 0.2) is 91.0 Å². The summed E-state index contributed by atoms with van der Waals surface area (Å²) in [5.74, 6) is -1.88. The van der Waals surface area contributed by atoms with Crippen LogP contribution in [0.3, 0.4) is 0 Å². The van der Waals surface area contributed by atoms with Crippen molar-refractivity contribution in [2.45, 2.75) is 38.4 Å². The highest BCUT2D eigenvalue weighted by Crippen LogP contribution is 2.18. The van der Waals surface area contributed by atoms with Gasteiger partial charge in [-0.25, -0.2) is 0 Å². The van der Waals surface area contributed by atoms with Crippen molar-refractivity contribution in [2.75, 3.05) is 0 Å². The topological polar surface area (TPSA) is 73.9 Å². The van der Waals surface area contributed by atoms with Crippen LogP contribution in [-0.4, -0.2) is 17.3 Å². The molecular weight excluding hydrogens is 366 g/mol. The van der Waals surface area contributed by atoms with E-state index in [0.29, 0.717) is 13.2 Å². The average Bonchev–Trinajstić information content (AvgIpc) is 2.76. The number of nitrogens with two attached hydrogens (primary N) is 1. The van der Waals surface area contributed by atoms with E-state index in [1.807, 2.05) is 91.0 Å². The summed E-state index contributed by atoms with van der Waals surface area (Å²) >= 11 is 0. The second kappa shape index (κ2) is 10.9. The van der Waals surface area contributed by atoms with Crippen molar-refractivity contribution in [2.24, 2.45) is 5.73 Å². The predicted octanol–water partition coefficient (Wildman–Crippen LogP) is 3.96. The van der Waals surface area contributed by atoms with Gasteiger partial charge >= 0.3 is 0 Å². The number of ether oxygens (including phenoxy) is 3. The van der Waals surface area contributed by atoms with Gasteiger partial charge in [0.25, 0.3) is 0 Å². The summed E-state index contributed by atoms with van der Waals surface area (Å²) in [6, 6.07) is 29.1. The van der Waals surface area contributed by atoms with E-state index in [9.17, 15) is 5.11 Å². The Morgan fingerprint density at radius 2 is 1.03 bits per heavy atom. The minimum Gasteiger partial charge on any atom is -0.353 e. The van der Waals surface area contributed by atoms with Crippen LogP contribution in [0.5, 0.6) is 0 Å². The van der Waals surface area contributed by atoms with Crippen LogP contribution in [0.1, 0.15) is 23.1 Å². The first kappa shape index (κ1) is 21.2. The molecule has 0 amide bonds. The van der Waals surface area contributed by atoms with Crippen LogP contribution in [0.4, 0.5) is 0 Å². The number of rotatable bonds is 11. The first-order valence-electron chi connectivity index (χ1n) is 9.61. The molecule has 5 nitrogen and oxygen atoms in total. The number of hydrogen-bond acceptors (Lipinski definition) is 5. The van der Waals surface area contributed by atoms with Crippen molar-refractivity contribution >= 4 is 0 Å². The molecule has 0 spiro atoms. The summed E-state index contributed by atoms with van der Waals surface area (Å²) < 4.78 is 17.3. The highest BCUT2D eigenvalue weighted by atomic mass is 16.7. The summed E-state index contributed by atoms with van der Waals surface area (Å²) in [6.07, 6.45) is -0.763. The zero-order valence-corrected chi connectivity index (χ0v) is 16.3. The normalized spacial score (nSPS) is 13.3. The zero-order valence-electron chi connectivity index (χ0n) is 16.3. The molecule has 0 aliphatic rings. The fraction of sp³-hybridized carbons (Fsp3) is 0.250. The van der Waals surface area contributed by atoms with Gasteiger partial charge in [-0.2, -0.15) is 0 Å². The molecule has 3 aromatic rings. The van der Waals surface area contributed by atoms with Crippen LogP contribution in [0.25, 0.3) is 0 Å². The summed E-state index contributed by atoms with van der Waals surface area (Å²) in [7, 11) is 0. The lowest BCUT2D eigenvalue weighted by molar-refractivity contribution is -0.262. The molecule has 3 rings (SSSR count). The fourth-order valence-corrected chi connectivity index (χ4v) is 2.77. The third-order valence-corrected chi connectivity index (χ3v) is 4.35. The number of hydrogen-bond donors (Lipinski definition) is 2. The maximum atomic E-state index is 10.5. The van der Waals surface area contributed by atoms with E-state index >= 15 is 0 Å². The molecule has 5 heteroatoms. The Bertz CT molecular complexity index is 782. The lowest BCUT2D eigenvalue weighted by Gasteiger charge is -2.28. The molecule has 1 atom stereocenters. The highest BCUT2D eigenvalue weighted by molar-refractivity contribution is 5.15. The Hall–Kier alpha value is -2.54. The molecule has 0 aliphatic carbocycles. The van der Waals surface area contributed by atoms with E-state index < -0.39 is 12.2 Å². The van der Waals surface area contributed by atoms with Crippen molar-refractivity contribution in [3.8, 4) is 0 Å². The van der Waals surface area contributed by atoms with Gasteiger partial charge in [0.1, 0.15) is 0 Å². The van der Waals surface area contributed by atoms with Gasteiger partial charge in [0, 0.05) is 0 Å². The highest BCUT2D eigenvalue weighted by Gasteiger charge is 2.28. The van der Waals surface area contributed by atoms with E-state index in [1.54, 1.807) is 0 Å². The van der Waals surface area contributed by atoms with Gasteiger partial charge in [-0.15, -0.1) is 0 Å². The van der Waals surface area contributed by atoms with Gasteiger partial charge in [0.15, 0.2) is 6.29 Å². The molecule has 152 valence electrons. The van der Waals surface area contributed by atoms with Gasteiger partial charge in [0.2, 0.25) is 5.91 Å². The molecule has 3 N–H and O–H groups in total. The van der Waals surface area contributed by atoms with Crippen molar-refractivity contribution < 1.29 is 19.3 Å². The maximum absolute atomic E-state index is 10.5. The van der Waals surface area contributed by atoms with E-state index in [0.717, 1.165) is 16.7 Å². The van der Waals surface area contributed by atoms with Crippen LogP contribution in [0, 0.1) is 0 Å². The third-order valence-electron chi connectivity index (χ3n) is 4.35. The van der Waals surface area contributed by atoms with E-state index in [2.05, 4.69) is 0 Å². The van der Waals surface area contributed by atoms with Crippen LogP contribution >= 0.6 is 0 Å². The summed E-state index contributed by atoms with van der Waals surface area (Å²) in [5.41, 5.74) is 8.91. The van der Waals surface area contributed by atoms with E-state index in [4.69, 9.17) is 19.9 Å². The quantitative estimate of drug-likeness (QED) is 0.483. The molecule has 0 aromatic heterocycles. The van der Waals surface area contributed by atoms with Crippen molar-refractivity contribution in [3.63, 3.8) is 0 Å². The monoisotopic (exact) mass is 393 g/mol. The Morgan fingerprint density at radius 1 is 0.655 bits per heavy atom. The van der Waals surface area contributed by atoms with Gasteiger partial charge in [-0.3, -0.25) is 5.73 Å². The van der Waals surface area contributed by atoms with Gasteiger partial charge in [-0.05, 0) is 16.7 Å². The standard InChI is InChI=1S/C24H27NO4/c25-24(26,29-19-22-14-8-3-9-15-22)16-23(27-17-20-10-4-1-5-11-20)28-18-21-12-6-2-7-13-21/h1-15,23,26H,16-19,25H2. The second-order valence-corrected chi connectivity index (χ2v) is 6.85. The van der Waals surface area contributed by atoms with Crippen LogP contribution in [0.2, 0.25) is 0 Å². The molecule has 0 heterocycles. The summed E-state index contributed by atoms with van der Waals surface area (Å²) in [6.45, 7) is 0.877. The molecule has 29 heavy (non-hydrogen) atoms. The SMILES string of the molecule is NC(O)(CC(OCc1ccccc1)OCc1ccccc1)OCc1ccccc1. The second-order valence-electron chi connectivity index (χ2n) is 6.85. The first-order chi connectivity index (χ1) is 14.1. The largest absolute Gasteiger partial charge is 0.353 e. The smallest absolute Gasteiger partial charge is 0.227 e. The van der Waals surface area contributed by atoms with Gasteiger partial charge in [-0.1, -0.05) is 91.0 Å². The zero-order chi connectivity index (χ0) is 20.4. The Labute approximate surface area is 171 Å². The lowest BCUT2D eigenvalue weighted by Crippen LogP contribution is -2.46. The first-order valence-corrected chi connectivity index (χ1v) is 9.61. The number of benzene rings is 3. The molecule has 0 saturated carbocycles. The van der Waals surface area contributed by atoms with Gasteiger partial charge < -0.3 is 19.3 Å². The van der Waals surface area contributed by atoms with Crippen molar-refractivity contribution in [1.82, 2.24) is 0 Å². The van der Waals surface area contributed by atoms with E-state index in [1.165, 1.54) is 0 Å². The lowest BCUT2D eigenvalue weighted by atomic mass is 10.2. The maximum Gasteiger partial charge on any atom is 0.227 e. The van der Waals surface area contributed by atoms with Crippen LogP contribution in [-0.2, 0) is 34.0 Å². The average molecular weight is 393 g/mol. The molecule has 1 unspecified atom stereocenters. The molecular formula is C24H27NO4. The minimum atomic E-state index is -1.88. The molecule has 0 bridgehead atoms. The molecule has 0 aliphatic heterocycles. The molecule has 0 fully saturated rings. The third kappa shape index (κ3) is 7.77. The van der Waals surface area contributed by atoms with Crippen molar-refractivity contribution in [3.05, 3.63) is 108 Å². The molecule has 0 saturated heterocycles. The molecule has 0 radical (unpaired) electrons. The van der Waals surface area contributed by atoms with Gasteiger partial charge in [0.05, 0.1) is 26.2 Å².